The molecule has 44 heavy (non-hydrogen) atoms. The Morgan fingerprint density at radius 1 is 1.16 bits per heavy atom. The Balaban J connectivity index is 1.46. The molecule has 2 amide bonds. The summed E-state index contributed by atoms with van der Waals surface area (Å²) in [5, 5.41) is 11.0. The average Bonchev–Trinajstić information content (AvgIpc) is 3.37. The minimum atomic E-state index is -4.56. The zero-order valence-corrected chi connectivity index (χ0v) is 24.2. The highest BCUT2D eigenvalue weighted by Gasteiger charge is 2.31. The maximum atomic E-state index is 13.1. The summed E-state index contributed by atoms with van der Waals surface area (Å²) < 4.78 is 46.8. The lowest BCUT2D eigenvalue weighted by Gasteiger charge is -2.17. The first-order chi connectivity index (χ1) is 21.0. The van der Waals surface area contributed by atoms with Gasteiger partial charge in [0.1, 0.15) is 17.3 Å². The van der Waals surface area contributed by atoms with Gasteiger partial charge in [0, 0.05) is 41.7 Å². The van der Waals surface area contributed by atoms with E-state index < -0.39 is 17.6 Å². The smallest absolute Gasteiger partial charge is 0.383 e. The number of nitrogens with two attached hydrogens (primary N) is 1. The van der Waals surface area contributed by atoms with Gasteiger partial charge in [-0.1, -0.05) is 24.3 Å². The molecule has 1 aromatic carbocycles. The van der Waals surface area contributed by atoms with Gasteiger partial charge < -0.3 is 21.1 Å². The Hall–Kier alpha value is -4.78. The molecule has 3 aromatic heterocycles. The van der Waals surface area contributed by atoms with Crippen molar-refractivity contribution in [1.29, 1.82) is 0 Å². The number of aromatic nitrogens is 4. The van der Waals surface area contributed by atoms with Gasteiger partial charge in [0.05, 0.1) is 35.6 Å². The van der Waals surface area contributed by atoms with E-state index in [4.69, 9.17) is 15.6 Å². The number of rotatable bonds is 3. The van der Waals surface area contributed by atoms with Crippen LogP contribution in [-0.2, 0) is 22.3 Å². The fourth-order valence-corrected chi connectivity index (χ4v) is 4.98. The zero-order chi connectivity index (χ0) is 31.4. The maximum absolute atomic E-state index is 13.1. The van der Waals surface area contributed by atoms with Crippen molar-refractivity contribution < 1.29 is 27.5 Å². The van der Waals surface area contributed by atoms with Gasteiger partial charge in [0.25, 0.3) is 5.91 Å². The number of amides is 2. The Kier molecular flexibility index (Phi) is 8.95. The molecule has 10 nitrogen and oxygen atoms in total. The summed E-state index contributed by atoms with van der Waals surface area (Å²) in [6.07, 6.45) is 3.36. The van der Waals surface area contributed by atoms with Crippen molar-refractivity contribution in [2.45, 2.75) is 58.0 Å². The second-order valence-electron chi connectivity index (χ2n) is 10.7. The van der Waals surface area contributed by atoms with Crippen LogP contribution >= 0.6 is 0 Å². The molecule has 13 heteroatoms. The van der Waals surface area contributed by atoms with Crippen LogP contribution in [0.15, 0.2) is 54.9 Å². The highest BCUT2D eigenvalue weighted by atomic mass is 19.4. The fraction of sp³-hybridized carbons (Fsp3) is 0.323. The van der Waals surface area contributed by atoms with Crippen molar-refractivity contribution in [2.75, 3.05) is 17.7 Å². The predicted octanol–water partition coefficient (Wildman–Crippen LogP) is 5.45. The van der Waals surface area contributed by atoms with Crippen LogP contribution < -0.4 is 16.4 Å². The van der Waals surface area contributed by atoms with E-state index in [1.165, 1.54) is 0 Å². The molecule has 0 bridgehead atoms. The molecule has 2 atom stereocenters. The van der Waals surface area contributed by atoms with Gasteiger partial charge in [-0.2, -0.15) is 18.3 Å². The first kappa shape index (κ1) is 30.7. The van der Waals surface area contributed by atoms with Crippen LogP contribution in [0, 0.1) is 0 Å². The van der Waals surface area contributed by atoms with Crippen molar-refractivity contribution in [1.82, 2.24) is 25.1 Å². The Morgan fingerprint density at radius 2 is 1.93 bits per heavy atom. The second-order valence-corrected chi connectivity index (χ2v) is 10.7. The molecule has 230 valence electrons. The Labute approximate surface area is 251 Å². The lowest BCUT2D eigenvalue weighted by Crippen LogP contribution is -2.35. The monoisotopic (exact) mass is 607 g/mol. The van der Waals surface area contributed by atoms with Crippen molar-refractivity contribution in [3.63, 3.8) is 0 Å². The van der Waals surface area contributed by atoms with Crippen LogP contribution in [0.3, 0.4) is 0 Å². The van der Waals surface area contributed by atoms with Crippen molar-refractivity contribution in [2.24, 2.45) is 0 Å². The van der Waals surface area contributed by atoms with Gasteiger partial charge in [0.15, 0.2) is 0 Å². The van der Waals surface area contributed by atoms with E-state index in [2.05, 4.69) is 20.6 Å². The van der Waals surface area contributed by atoms with Crippen LogP contribution in [0.5, 0.6) is 0 Å². The minimum absolute atomic E-state index is 0.0801. The SMILES string of the molecule is C[C@@H]1CCn2nc(-c3ccc(C(=O)Nc4cc(C(F)(F)F)ccn4)cc3)c3c(N)ncc(c32)/C=C/CCO[C@@H](C)CC(=O)N1. The van der Waals surface area contributed by atoms with Gasteiger partial charge in [-0.15, -0.1) is 0 Å². The number of hydrogen-bond acceptors (Lipinski definition) is 7. The van der Waals surface area contributed by atoms with Gasteiger partial charge >= 0.3 is 6.18 Å². The number of nitrogen functional groups attached to an aromatic ring is 1. The number of anilines is 2. The third-order valence-corrected chi connectivity index (χ3v) is 7.21. The highest BCUT2D eigenvalue weighted by Crippen LogP contribution is 2.34. The lowest BCUT2D eigenvalue weighted by molar-refractivity contribution is -0.137. The van der Waals surface area contributed by atoms with E-state index >= 15 is 0 Å². The molecule has 4 aromatic rings. The number of pyridine rings is 2. The third-order valence-electron chi connectivity index (χ3n) is 7.21. The van der Waals surface area contributed by atoms with E-state index in [0.717, 1.165) is 29.4 Å². The molecule has 5 rings (SSSR count). The van der Waals surface area contributed by atoms with E-state index in [0.29, 0.717) is 42.6 Å². The van der Waals surface area contributed by atoms with Crippen molar-refractivity contribution >= 4 is 40.4 Å². The second kappa shape index (κ2) is 12.8. The number of halogens is 3. The van der Waals surface area contributed by atoms with Gasteiger partial charge in [-0.05, 0) is 51.0 Å². The third kappa shape index (κ3) is 7.05. The van der Waals surface area contributed by atoms with Crippen molar-refractivity contribution in [3.8, 4) is 11.3 Å². The molecular weight excluding hydrogens is 575 g/mol. The molecule has 4 heterocycles. The summed E-state index contributed by atoms with van der Waals surface area (Å²) in [7, 11) is 0. The molecule has 1 aliphatic heterocycles. The molecule has 0 radical (unpaired) electrons. The number of carbonyl (C=O) groups is 2. The van der Waals surface area contributed by atoms with Crippen LogP contribution in [0.1, 0.15) is 54.6 Å². The van der Waals surface area contributed by atoms with Crippen LogP contribution in [0.4, 0.5) is 24.8 Å². The topological polar surface area (TPSA) is 137 Å². The molecule has 1 aliphatic rings. The maximum Gasteiger partial charge on any atom is 0.416 e. The van der Waals surface area contributed by atoms with E-state index in [9.17, 15) is 22.8 Å². The zero-order valence-electron chi connectivity index (χ0n) is 24.2. The van der Waals surface area contributed by atoms with Gasteiger partial charge in [-0.25, -0.2) is 9.97 Å². The lowest BCUT2D eigenvalue weighted by atomic mass is 10.0. The standard InChI is InChI=1S/C31H32F3N7O3/c1-18-11-13-41-28-22(5-3-4-14-44-19(2)15-25(42)38-18)17-37-29(35)26(28)27(40-41)20-6-8-21(9-7-20)30(43)39-24-16-23(10-12-36-24)31(32,33)34/h3,5-10,12,16-19H,4,11,13-15H2,1-2H3,(H2,35,37)(H,38,42)(H,36,39,43)/b5-3+/t18-,19+/m1/s1. The Bertz CT molecular complexity index is 1700. The molecule has 0 fully saturated rings. The summed E-state index contributed by atoms with van der Waals surface area (Å²) in [5.74, 6) is -0.624. The average molecular weight is 608 g/mol. The van der Waals surface area contributed by atoms with Crippen molar-refractivity contribution in [3.05, 3.63) is 71.6 Å². The molecule has 0 unspecified atom stereocenters. The number of carbonyl (C=O) groups excluding carboxylic acids is 2. The normalized spacial score (nSPS) is 19.1. The van der Waals surface area contributed by atoms with E-state index in [1.54, 1.807) is 30.5 Å². The largest absolute Gasteiger partial charge is 0.416 e. The number of hydrogen-bond donors (Lipinski definition) is 3. The number of aryl methyl sites for hydroxylation is 1. The highest BCUT2D eigenvalue weighted by molar-refractivity contribution is 6.06. The summed E-state index contributed by atoms with van der Waals surface area (Å²) in [6.45, 7) is 4.76. The van der Waals surface area contributed by atoms with E-state index in [1.807, 2.05) is 30.7 Å². The van der Waals surface area contributed by atoms with Gasteiger partial charge in [-0.3, -0.25) is 14.3 Å². The number of benzene rings is 1. The molecule has 0 saturated heterocycles. The number of nitrogens with one attached hydrogen (secondary N) is 2. The minimum Gasteiger partial charge on any atom is -0.383 e. The molecular formula is C31H32F3N7O3. The van der Waals surface area contributed by atoms with E-state index in [-0.39, 0.29) is 41.7 Å². The molecule has 0 aliphatic carbocycles. The van der Waals surface area contributed by atoms with Gasteiger partial charge in [0.2, 0.25) is 5.91 Å². The van der Waals surface area contributed by atoms with Crippen LogP contribution in [-0.4, -0.2) is 50.3 Å². The number of ether oxygens (including phenoxy) is 1. The summed E-state index contributed by atoms with van der Waals surface area (Å²) in [6, 6.07) is 7.97. The fourth-order valence-electron chi connectivity index (χ4n) is 4.98. The number of alkyl halides is 3. The quantitative estimate of drug-likeness (QED) is 0.282. The molecule has 0 spiro atoms. The Morgan fingerprint density at radius 3 is 2.68 bits per heavy atom. The first-order valence-corrected chi connectivity index (χ1v) is 14.2. The predicted molar refractivity (Wildman–Crippen MR) is 160 cm³/mol. The van der Waals surface area contributed by atoms with Crippen LogP contribution in [0.2, 0.25) is 0 Å². The molecule has 0 saturated carbocycles. The summed E-state index contributed by atoms with van der Waals surface area (Å²) in [5.41, 5.74) is 8.51. The molecule has 4 N–H and O–H groups in total. The number of nitrogens with zero attached hydrogens (tertiary/aromatic N) is 4. The summed E-state index contributed by atoms with van der Waals surface area (Å²) in [4.78, 5) is 33.5. The summed E-state index contributed by atoms with van der Waals surface area (Å²) >= 11 is 0. The first-order valence-electron chi connectivity index (χ1n) is 14.2. The van der Waals surface area contributed by atoms with Crippen LogP contribution in [0.25, 0.3) is 28.2 Å².